The zero-order valence-electron chi connectivity index (χ0n) is 11.1. The summed E-state index contributed by atoms with van der Waals surface area (Å²) >= 11 is 0. The van der Waals surface area contributed by atoms with E-state index in [0.717, 1.165) is 12.8 Å². The lowest BCUT2D eigenvalue weighted by atomic mass is 10.1. The van der Waals surface area contributed by atoms with E-state index in [1.54, 1.807) is 11.1 Å². The summed E-state index contributed by atoms with van der Waals surface area (Å²) in [6, 6.07) is -1.40. The maximum atomic E-state index is 12.1. The number of piperidine rings is 1. The molecule has 2 rings (SSSR count). The maximum absolute atomic E-state index is 12.1. The van der Waals surface area contributed by atoms with Crippen molar-refractivity contribution in [2.75, 3.05) is 13.1 Å². The first-order valence-electron chi connectivity index (χ1n) is 6.57. The fraction of sp³-hybridized carbons (Fsp3) is 0.583. The second-order valence-electron chi connectivity index (χ2n) is 4.97. The summed E-state index contributed by atoms with van der Waals surface area (Å²) in [5, 5.41) is 11.7. The number of hydrogen-bond acceptors (Lipinski definition) is 4. The predicted octanol–water partition coefficient (Wildman–Crippen LogP) is -0.462. The first kappa shape index (κ1) is 14.3. The van der Waals surface area contributed by atoms with Gasteiger partial charge in [0.1, 0.15) is 6.04 Å². The van der Waals surface area contributed by atoms with E-state index in [0.29, 0.717) is 18.8 Å². The quantitative estimate of drug-likeness (QED) is 0.594. The zero-order chi connectivity index (χ0) is 14.5. The molecule has 2 atom stereocenters. The minimum atomic E-state index is -1.07. The molecule has 8 nitrogen and oxygen atoms in total. The van der Waals surface area contributed by atoms with Crippen LogP contribution in [0.1, 0.15) is 18.5 Å². The molecule has 110 valence electrons. The lowest BCUT2D eigenvalue weighted by molar-refractivity contribution is -0.139. The number of amides is 2. The van der Waals surface area contributed by atoms with Gasteiger partial charge < -0.3 is 26.0 Å². The van der Waals surface area contributed by atoms with Crippen LogP contribution in [-0.4, -0.2) is 57.1 Å². The molecule has 0 spiro atoms. The summed E-state index contributed by atoms with van der Waals surface area (Å²) in [7, 11) is 0. The second-order valence-corrected chi connectivity index (χ2v) is 4.97. The molecule has 8 heteroatoms. The Morgan fingerprint density at radius 2 is 2.45 bits per heavy atom. The van der Waals surface area contributed by atoms with Gasteiger partial charge in [-0.2, -0.15) is 0 Å². The van der Waals surface area contributed by atoms with Gasteiger partial charge in [-0.15, -0.1) is 0 Å². The smallest absolute Gasteiger partial charge is 0.326 e. The normalized spacial score (nSPS) is 20.4. The molecule has 0 aliphatic carbocycles. The van der Waals surface area contributed by atoms with Gasteiger partial charge in [-0.1, -0.05) is 0 Å². The highest BCUT2D eigenvalue weighted by molar-refractivity contribution is 5.82. The highest BCUT2D eigenvalue weighted by atomic mass is 16.4. The van der Waals surface area contributed by atoms with Gasteiger partial charge in [0.2, 0.25) is 0 Å². The largest absolute Gasteiger partial charge is 0.480 e. The molecule has 1 fully saturated rings. The average Bonchev–Trinajstić information content (AvgIpc) is 2.90. The van der Waals surface area contributed by atoms with Crippen molar-refractivity contribution in [2.24, 2.45) is 5.73 Å². The zero-order valence-corrected chi connectivity index (χ0v) is 11.1. The predicted molar refractivity (Wildman–Crippen MR) is 71.0 cm³/mol. The summed E-state index contributed by atoms with van der Waals surface area (Å²) in [4.78, 5) is 31.5. The Labute approximate surface area is 116 Å². The molecule has 1 aromatic heterocycles. The molecule has 1 aliphatic heterocycles. The van der Waals surface area contributed by atoms with Gasteiger partial charge in [-0.25, -0.2) is 14.6 Å². The number of nitrogens with one attached hydrogen (secondary N) is 2. The standard InChI is InChI=1S/C12H19N5O3/c13-8-2-1-3-17(6-8)12(20)16-10(11(18)19)4-9-5-14-7-15-9/h5,7-8,10H,1-4,6,13H2,(H,14,15)(H,16,20)(H,18,19). The average molecular weight is 281 g/mol. The van der Waals surface area contributed by atoms with Crippen molar-refractivity contribution in [3.8, 4) is 0 Å². The fourth-order valence-corrected chi connectivity index (χ4v) is 2.25. The number of carboxylic acid groups (broad SMARTS) is 1. The number of likely N-dealkylation sites (tertiary alicyclic amines) is 1. The monoisotopic (exact) mass is 281 g/mol. The Bertz CT molecular complexity index is 462. The molecule has 1 aliphatic rings. The van der Waals surface area contributed by atoms with Crippen LogP contribution >= 0.6 is 0 Å². The number of aliphatic carboxylic acids is 1. The van der Waals surface area contributed by atoms with Crippen LogP contribution in [-0.2, 0) is 11.2 Å². The number of carboxylic acids is 1. The van der Waals surface area contributed by atoms with E-state index in [1.807, 2.05) is 0 Å². The summed E-state index contributed by atoms with van der Waals surface area (Å²) in [5.74, 6) is -1.07. The van der Waals surface area contributed by atoms with Crippen LogP contribution in [0.5, 0.6) is 0 Å². The Hall–Kier alpha value is -2.09. The van der Waals surface area contributed by atoms with Crippen LogP contribution < -0.4 is 11.1 Å². The van der Waals surface area contributed by atoms with Crippen molar-refractivity contribution >= 4 is 12.0 Å². The molecular weight excluding hydrogens is 262 g/mol. The van der Waals surface area contributed by atoms with Crippen LogP contribution in [0.4, 0.5) is 4.79 Å². The number of imidazole rings is 1. The third-order valence-corrected chi connectivity index (χ3v) is 3.32. The summed E-state index contributed by atoms with van der Waals surface area (Å²) in [5.41, 5.74) is 6.47. The molecular formula is C12H19N5O3. The van der Waals surface area contributed by atoms with Crippen LogP contribution in [0.25, 0.3) is 0 Å². The van der Waals surface area contributed by atoms with Crippen molar-refractivity contribution < 1.29 is 14.7 Å². The van der Waals surface area contributed by atoms with Gasteiger partial charge in [-0.05, 0) is 12.8 Å². The van der Waals surface area contributed by atoms with Gasteiger partial charge >= 0.3 is 12.0 Å². The number of aromatic nitrogens is 2. The lowest BCUT2D eigenvalue weighted by Gasteiger charge is -2.31. The van der Waals surface area contributed by atoms with E-state index in [-0.39, 0.29) is 18.5 Å². The molecule has 5 N–H and O–H groups in total. The third-order valence-electron chi connectivity index (χ3n) is 3.32. The lowest BCUT2D eigenvalue weighted by Crippen LogP contribution is -2.53. The van der Waals surface area contributed by atoms with E-state index in [2.05, 4.69) is 15.3 Å². The second kappa shape index (κ2) is 6.38. The number of hydrogen-bond donors (Lipinski definition) is 4. The number of urea groups is 1. The summed E-state index contributed by atoms with van der Waals surface area (Å²) < 4.78 is 0. The Balaban J connectivity index is 1.93. The van der Waals surface area contributed by atoms with Crippen LogP contribution in [0.3, 0.4) is 0 Å². The number of carbonyl (C=O) groups excluding carboxylic acids is 1. The number of aromatic amines is 1. The van der Waals surface area contributed by atoms with Crippen molar-refractivity contribution in [1.29, 1.82) is 0 Å². The maximum Gasteiger partial charge on any atom is 0.326 e. The molecule has 2 amide bonds. The van der Waals surface area contributed by atoms with Crippen molar-refractivity contribution in [3.63, 3.8) is 0 Å². The van der Waals surface area contributed by atoms with E-state index in [1.165, 1.54) is 6.33 Å². The van der Waals surface area contributed by atoms with Crippen LogP contribution in [0.2, 0.25) is 0 Å². The minimum Gasteiger partial charge on any atom is -0.480 e. The van der Waals surface area contributed by atoms with Gasteiger partial charge in [0.05, 0.1) is 6.33 Å². The Morgan fingerprint density at radius 3 is 3.05 bits per heavy atom. The molecule has 2 unspecified atom stereocenters. The van der Waals surface area contributed by atoms with E-state index in [9.17, 15) is 14.7 Å². The molecule has 1 aromatic rings. The number of H-pyrrole nitrogens is 1. The van der Waals surface area contributed by atoms with Gasteiger partial charge in [-0.3, -0.25) is 0 Å². The third kappa shape index (κ3) is 3.70. The van der Waals surface area contributed by atoms with Crippen LogP contribution in [0, 0.1) is 0 Å². The molecule has 0 radical (unpaired) electrons. The molecule has 2 heterocycles. The first-order chi connectivity index (χ1) is 9.56. The van der Waals surface area contributed by atoms with Crippen molar-refractivity contribution in [2.45, 2.75) is 31.3 Å². The number of rotatable bonds is 4. The number of nitrogens with two attached hydrogens (primary N) is 1. The van der Waals surface area contributed by atoms with Crippen LogP contribution in [0.15, 0.2) is 12.5 Å². The van der Waals surface area contributed by atoms with E-state index in [4.69, 9.17) is 5.73 Å². The first-order valence-corrected chi connectivity index (χ1v) is 6.57. The Morgan fingerprint density at radius 1 is 1.65 bits per heavy atom. The fourth-order valence-electron chi connectivity index (χ4n) is 2.25. The highest BCUT2D eigenvalue weighted by Gasteiger charge is 2.26. The van der Waals surface area contributed by atoms with E-state index >= 15 is 0 Å². The topological polar surface area (TPSA) is 124 Å². The molecule has 20 heavy (non-hydrogen) atoms. The number of nitrogens with zero attached hydrogens (tertiary/aromatic N) is 2. The van der Waals surface area contributed by atoms with Crippen molar-refractivity contribution in [3.05, 3.63) is 18.2 Å². The van der Waals surface area contributed by atoms with Gasteiger partial charge in [0.25, 0.3) is 0 Å². The van der Waals surface area contributed by atoms with E-state index < -0.39 is 12.0 Å². The van der Waals surface area contributed by atoms with Gasteiger partial charge in [0.15, 0.2) is 0 Å². The summed E-state index contributed by atoms with van der Waals surface area (Å²) in [6.07, 6.45) is 4.91. The van der Waals surface area contributed by atoms with Gasteiger partial charge in [0, 0.05) is 37.4 Å². The molecule has 0 aromatic carbocycles. The minimum absolute atomic E-state index is 0.0367. The molecule has 0 saturated carbocycles. The highest BCUT2D eigenvalue weighted by Crippen LogP contribution is 2.09. The Kier molecular flexibility index (Phi) is 4.57. The molecule has 1 saturated heterocycles. The SMILES string of the molecule is NC1CCCN(C(=O)NC(Cc2cnc[nH]2)C(=O)O)C1. The number of carbonyl (C=O) groups is 2. The molecule has 0 bridgehead atoms. The van der Waals surface area contributed by atoms with Crippen molar-refractivity contribution in [1.82, 2.24) is 20.2 Å². The summed E-state index contributed by atoms with van der Waals surface area (Å²) in [6.45, 7) is 1.07.